The Labute approximate surface area is 199 Å². The Balaban J connectivity index is 1.57. The molecule has 0 bridgehead atoms. The summed E-state index contributed by atoms with van der Waals surface area (Å²) in [6, 6.07) is 15.3. The van der Waals surface area contributed by atoms with Gasteiger partial charge in [-0.3, -0.25) is 4.79 Å². The molecule has 2 heterocycles. The number of ether oxygens (including phenoxy) is 1. The van der Waals surface area contributed by atoms with Crippen LogP contribution in [0.5, 0.6) is 0 Å². The molecule has 7 nitrogen and oxygen atoms in total. The van der Waals surface area contributed by atoms with Crippen molar-refractivity contribution >= 4 is 43.4 Å². The number of rotatable bonds is 8. The van der Waals surface area contributed by atoms with Crippen molar-refractivity contribution in [2.45, 2.75) is 34.0 Å². The van der Waals surface area contributed by atoms with Crippen LogP contribution in [0.1, 0.15) is 12.8 Å². The molecule has 2 aromatic carbocycles. The summed E-state index contributed by atoms with van der Waals surface area (Å²) in [5.41, 5.74) is 0.648. The first-order valence-electron chi connectivity index (χ1n) is 10.0. The molecule has 32 heavy (non-hydrogen) atoms. The highest BCUT2D eigenvalue weighted by Crippen LogP contribution is 2.35. The number of nitrogens with one attached hydrogen (secondary N) is 1. The van der Waals surface area contributed by atoms with E-state index in [2.05, 4.69) is 26.2 Å². The van der Waals surface area contributed by atoms with Crippen LogP contribution < -0.4 is 5.32 Å². The molecule has 4 rings (SSSR count). The summed E-state index contributed by atoms with van der Waals surface area (Å²) in [7, 11) is -3.95. The third-order valence-corrected chi connectivity index (χ3v) is 8.13. The van der Waals surface area contributed by atoms with Gasteiger partial charge in [0.2, 0.25) is 31.8 Å². The van der Waals surface area contributed by atoms with Crippen molar-refractivity contribution in [2.24, 2.45) is 0 Å². The molecule has 10 heteroatoms. The molecule has 0 saturated carbocycles. The summed E-state index contributed by atoms with van der Waals surface area (Å²) in [6.07, 6.45) is 1.95. The molecule has 3 aromatic rings. The molecule has 1 N–H and O–H groups in total. The Morgan fingerprint density at radius 3 is 2.59 bits per heavy atom. The summed E-state index contributed by atoms with van der Waals surface area (Å²) in [5.74, 6) is -0.0439. The van der Waals surface area contributed by atoms with Gasteiger partial charge in [0.1, 0.15) is 0 Å². The summed E-state index contributed by atoms with van der Waals surface area (Å²) in [4.78, 5) is 16.7. The van der Waals surface area contributed by atoms with Crippen LogP contribution in [0, 0.1) is 0 Å². The molecular weight excluding hydrogens is 516 g/mol. The smallest absolute Gasteiger partial charge is 0.230 e. The number of hydrogen-bond acceptors (Lipinski definition) is 7. The number of oxazole rings is 1. The molecule has 1 fully saturated rings. The van der Waals surface area contributed by atoms with E-state index < -0.39 is 9.84 Å². The minimum Gasteiger partial charge on any atom is -0.428 e. The lowest BCUT2D eigenvalue weighted by Gasteiger charge is -2.10. The Morgan fingerprint density at radius 2 is 1.91 bits per heavy atom. The Kier molecular flexibility index (Phi) is 7.34. The normalized spacial score (nSPS) is 16.2. The summed E-state index contributed by atoms with van der Waals surface area (Å²) < 4.78 is 38.7. The number of aromatic nitrogens is 1. The van der Waals surface area contributed by atoms with Crippen LogP contribution in [-0.2, 0) is 19.4 Å². The second-order valence-corrected chi connectivity index (χ2v) is 10.9. The fraction of sp³-hybridized carbons (Fsp3) is 0.273. The predicted molar refractivity (Wildman–Crippen MR) is 124 cm³/mol. The van der Waals surface area contributed by atoms with Gasteiger partial charge in [-0.25, -0.2) is 8.42 Å². The maximum atomic E-state index is 13.3. The molecule has 168 valence electrons. The van der Waals surface area contributed by atoms with E-state index in [1.165, 1.54) is 12.1 Å². The fourth-order valence-electron chi connectivity index (χ4n) is 3.20. The zero-order valence-corrected chi connectivity index (χ0v) is 20.2. The van der Waals surface area contributed by atoms with Crippen LogP contribution in [0.3, 0.4) is 0 Å². The van der Waals surface area contributed by atoms with E-state index in [-0.39, 0.29) is 38.7 Å². The van der Waals surface area contributed by atoms with Crippen LogP contribution in [-0.4, -0.2) is 44.3 Å². The second kappa shape index (κ2) is 10.2. The van der Waals surface area contributed by atoms with Crippen molar-refractivity contribution in [1.29, 1.82) is 0 Å². The Morgan fingerprint density at radius 1 is 1.16 bits per heavy atom. The van der Waals surface area contributed by atoms with Gasteiger partial charge in [-0.05, 0) is 49.2 Å². The third kappa shape index (κ3) is 5.43. The molecule has 1 atom stereocenters. The lowest BCUT2D eigenvalue weighted by Crippen LogP contribution is -2.32. The van der Waals surface area contributed by atoms with Gasteiger partial charge in [0.25, 0.3) is 0 Å². The molecule has 1 amide bonds. The number of carbonyl (C=O) groups excluding carboxylic acids is 1. The fourth-order valence-corrected chi connectivity index (χ4v) is 5.82. The van der Waals surface area contributed by atoms with E-state index in [0.29, 0.717) is 18.7 Å². The number of thioether (sulfide) groups is 1. The Hall–Kier alpha value is -2.14. The van der Waals surface area contributed by atoms with Crippen molar-refractivity contribution in [1.82, 2.24) is 10.3 Å². The first-order valence-corrected chi connectivity index (χ1v) is 13.3. The van der Waals surface area contributed by atoms with Crippen LogP contribution in [0.15, 0.2) is 78.5 Å². The second-order valence-electron chi connectivity index (χ2n) is 7.16. The molecule has 0 spiro atoms. The number of nitrogens with zero attached hydrogens (tertiary/aromatic N) is 1. The van der Waals surface area contributed by atoms with Crippen molar-refractivity contribution < 1.29 is 22.4 Å². The lowest BCUT2D eigenvalue weighted by molar-refractivity contribution is -0.119. The summed E-state index contributed by atoms with van der Waals surface area (Å²) >= 11 is 4.32. The van der Waals surface area contributed by atoms with Gasteiger partial charge in [-0.1, -0.05) is 45.9 Å². The van der Waals surface area contributed by atoms with Gasteiger partial charge in [-0.15, -0.1) is 0 Å². The first-order chi connectivity index (χ1) is 15.4. The van der Waals surface area contributed by atoms with E-state index in [1.807, 2.05) is 18.2 Å². The molecule has 1 aliphatic rings. The van der Waals surface area contributed by atoms with Gasteiger partial charge in [0.05, 0.1) is 16.8 Å². The van der Waals surface area contributed by atoms with Crippen molar-refractivity contribution in [3.63, 3.8) is 0 Å². The topological polar surface area (TPSA) is 98.5 Å². The maximum absolute atomic E-state index is 13.3. The average Bonchev–Trinajstić information content (AvgIpc) is 3.47. The molecule has 0 radical (unpaired) electrons. The highest BCUT2D eigenvalue weighted by atomic mass is 79.9. The van der Waals surface area contributed by atoms with Gasteiger partial charge in [0.15, 0.2) is 0 Å². The highest BCUT2D eigenvalue weighted by molar-refractivity contribution is 9.10. The van der Waals surface area contributed by atoms with Crippen LogP contribution in [0.4, 0.5) is 0 Å². The maximum Gasteiger partial charge on any atom is 0.230 e. The molecular formula is C22H21BrN2O5S2. The number of hydrogen-bond donors (Lipinski definition) is 1. The molecule has 1 saturated heterocycles. The highest BCUT2D eigenvalue weighted by Gasteiger charge is 2.29. The first kappa shape index (κ1) is 23.0. The van der Waals surface area contributed by atoms with E-state index in [1.54, 1.807) is 24.3 Å². The van der Waals surface area contributed by atoms with E-state index >= 15 is 0 Å². The van der Waals surface area contributed by atoms with Gasteiger partial charge < -0.3 is 14.5 Å². The van der Waals surface area contributed by atoms with Crippen LogP contribution in [0.2, 0.25) is 0 Å². The Bertz CT molecular complexity index is 1170. The van der Waals surface area contributed by atoms with Crippen LogP contribution >= 0.6 is 27.7 Å². The number of halogens is 1. The zero-order chi connectivity index (χ0) is 22.6. The van der Waals surface area contributed by atoms with Crippen molar-refractivity contribution in [2.75, 3.05) is 18.9 Å². The molecule has 1 aromatic heterocycles. The zero-order valence-electron chi connectivity index (χ0n) is 17.0. The quantitative estimate of drug-likeness (QED) is 0.428. The summed E-state index contributed by atoms with van der Waals surface area (Å²) in [6.45, 7) is 1.15. The van der Waals surface area contributed by atoms with Crippen LogP contribution in [0.25, 0.3) is 11.5 Å². The summed E-state index contributed by atoms with van der Waals surface area (Å²) in [5, 5.41) is 2.71. The van der Waals surface area contributed by atoms with E-state index in [0.717, 1.165) is 29.1 Å². The van der Waals surface area contributed by atoms with Gasteiger partial charge >= 0.3 is 0 Å². The lowest BCUT2D eigenvalue weighted by atomic mass is 10.2. The minimum absolute atomic E-state index is 0.000991. The number of benzene rings is 2. The molecule has 0 aliphatic carbocycles. The monoisotopic (exact) mass is 536 g/mol. The van der Waals surface area contributed by atoms with Gasteiger partial charge in [0, 0.05) is 23.2 Å². The number of sulfone groups is 1. The van der Waals surface area contributed by atoms with Crippen molar-refractivity contribution in [3.05, 3.63) is 59.1 Å². The van der Waals surface area contributed by atoms with Gasteiger partial charge in [-0.2, -0.15) is 4.98 Å². The predicted octanol–water partition coefficient (Wildman–Crippen LogP) is 4.32. The molecule has 1 aliphatic heterocycles. The third-order valence-electron chi connectivity index (χ3n) is 4.85. The molecule has 0 unspecified atom stereocenters. The standard InChI is InChI=1S/C22H21BrN2O5S2/c23-16-8-10-18(11-9-16)32(27,28)21-22(30-20(25-21)15-5-2-1-3-6-15)31-14-19(26)24-13-17-7-4-12-29-17/h1-3,5-6,8-11,17H,4,7,12-14H2,(H,24,26)/t17-/m0/s1. The average molecular weight is 537 g/mol. The SMILES string of the molecule is O=C(CSc1oc(-c2ccccc2)nc1S(=O)(=O)c1ccc(Br)cc1)NC[C@@H]1CCCO1. The van der Waals surface area contributed by atoms with E-state index in [9.17, 15) is 13.2 Å². The number of carbonyl (C=O) groups is 1. The minimum atomic E-state index is -3.95. The van der Waals surface area contributed by atoms with Crippen molar-refractivity contribution in [3.8, 4) is 11.5 Å². The van der Waals surface area contributed by atoms with E-state index in [4.69, 9.17) is 9.15 Å². The largest absolute Gasteiger partial charge is 0.428 e. The number of amides is 1.